The Bertz CT molecular complexity index is 538. The molecule has 0 fully saturated rings. The first kappa shape index (κ1) is 17.4. The molecule has 116 valence electrons. The second-order valence-corrected chi connectivity index (χ2v) is 5.56. The van der Waals surface area contributed by atoms with Crippen molar-refractivity contribution in [1.82, 2.24) is 5.32 Å². The third kappa shape index (κ3) is 5.68. The summed E-state index contributed by atoms with van der Waals surface area (Å²) in [5, 5.41) is 14.0. The molecule has 2 amide bonds. The number of halogens is 2. The highest BCUT2D eigenvalue weighted by atomic mass is 32.2. The van der Waals surface area contributed by atoms with Crippen molar-refractivity contribution in [3.8, 4) is 0 Å². The molecule has 0 spiro atoms. The van der Waals surface area contributed by atoms with Gasteiger partial charge in [-0.3, -0.25) is 9.59 Å². The topological polar surface area (TPSA) is 78.4 Å². The van der Waals surface area contributed by atoms with Crippen LogP contribution in [0.15, 0.2) is 18.2 Å². The van der Waals surface area contributed by atoms with Crippen molar-refractivity contribution in [3.63, 3.8) is 0 Å². The van der Waals surface area contributed by atoms with Gasteiger partial charge in [0, 0.05) is 18.4 Å². The number of amides is 2. The zero-order chi connectivity index (χ0) is 16.0. The van der Waals surface area contributed by atoms with E-state index in [0.29, 0.717) is 5.75 Å². The van der Waals surface area contributed by atoms with E-state index in [-0.39, 0.29) is 6.54 Å². The van der Waals surface area contributed by atoms with Crippen molar-refractivity contribution in [2.45, 2.75) is 12.5 Å². The molecule has 1 unspecified atom stereocenters. The van der Waals surface area contributed by atoms with Crippen LogP contribution in [0.2, 0.25) is 0 Å². The Labute approximate surface area is 125 Å². The summed E-state index contributed by atoms with van der Waals surface area (Å²) in [4.78, 5) is 23.1. The van der Waals surface area contributed by atoms with Crippen LogP contribution in [-0.4, -0.2) is 41.1 Å². The molecule has 0 radical (unpaired) electrons. The fourth-order valence-corrected chi connectivity index (χ4v) is 2.21. The van der Waals surface area contributed by atoms with Crippen LogP contribution >= 0.6 is 11.8 Å². The Morgan fingerprint density at radius 2 is 2.00 bits per heavy atom. The lowest BCUT2D eigenvalue weighted by Crippen LogP contribution is -2.46. The van der Waals surface area contributed by atoms with Gasteiger partial charge in [0.1, 0.15) is 11.6 Å². The van der Waals surface area contributed by atoms with E-state index in [9.17, 15) is 23.5 Å². The monoisotopic (exact) mass is 318 g/mol. The first-order valence-electron chi connectivity index (χ1n) is 6.01. The molecule has 0 bridgehead atoms. The number of thioether (sulfide) groups is 1. The summed E-state index contributed by atoms with van der Waals surface area (Å²) >= 11 is 1.38. The molecule has 1 aromatic carbocycles. The molecule has 0 saturated heterocycles. The summed E-state index contributed by atoms with van der Waals surface area (Å²) in [5.41, 5.74) is -1.59. The Morgan fingerprint density at radius 3 is 2.62 bits per heavy atom. The molecule has 0 saturated carbocycles. The maximum Gasteiger partial charge on any atom is 0.313 e. The maximum absolute atomic E-state index is 13.3. The SMILES string of the molecule is CSCC(C)(O)CNC(=O)C(=O)Nc1cc(F)ccc1F. The average Bonchev–Trinajstić information content (AvgIpc) is 2.40. The number of aliphatic hydroxyl groups is 1. The van der Waals surface area contributed by atoms with Crippen LogP contribution in [0, 0.1) is 11.6 Å². The maximum atomic E-state index is 13.3. The van der Waals surface area contributed by atoms with Gasteiger partial charge in [-0.25, -0.2) is 8.78 Å². The minimum absolute atomic E-state index is 0.133. The molecule has 3 N–H and O–H groups in total. The number of benzene rings is 1. The van der Waals surface area contributed by atoms with Gasteiger partial charge in [0.2, 0.25) is 0 Å². The van der Waals surface area contributed by atoms with Crippen LogP contribution < -0.4 is 10.6 Å². The minimum Gasteiger partial charge on any atom is -0.387 e. The Balaban J connectivity index is 2.59. The van der Waals surface area contributed by atoms with Crippen LogP contribution in [-0.2, 0) is 9.59 Å². The molecular weight excluding hydrogens is 302 g/mol. The molecule has 5 nitrogen and oxygen atoms in total. The molecule has 8 heteroatoms. The van der Waals surface area contributed by atoms with Crippen LogP contribution in [0.25, 0.3) is 0 Å². The van der Waals surface area contributed by atoms with Crippen molar-refractivity contribution in [3.05, 3.63) is 29.8 Å². The summed E-state index contributed by atoms with van der Waals surface area (Å²) in [6.07, 6.45) is 1.79. The van der Waals surface area contributed by atoms with Crippen molar-refractivity contribution in [1.29, 1.82) is 0 Å². The molecule has 1 rings (SSSR count). The number of hydrogen-bond donors (Lipinski definition) is 3. The number of carbonyl (C=O) groups excluding carboxylic acids is 2. The fraction of sp³-hybridized carbons (Fsp3) is 0.385. The molecule has 0 aliphatic carbocycles. The lowest BCUT2D eigenvalue weighted by molar-refractivity contribution is -0.136. The van der Waals surface area contributed by atoms with E-state index in [1.807, 2.05) is 5.32 Å². The number of carbonyl (C=O) groups is 2. The van der Waals surface area contributed by atoms with E-state index in [1.54, 1.807) is 6.26 Å². The van der Waals surface area contributed by atoms with Crippen LogP contribution in [0.4, 0.5) is 14.5 Å². The van der Waals surface area contributed by atoms with E-state index in [4.69, 9.17) is 0 Å². The predicted molar refractivity (Wildman–Crippen MR) is 77.0 cm³/mol. The summed E-state index contributed by atoms with van der Waals surface area (Å²) in [6, 6.07) is 2.50. The average molecular weight is 318 g/mol. The van der Waals surface area contributed by atoms with Gasteiger partial charge < -0.3 is 15.7 Å². The Hall–Kier alpha value is -1.67. The smallest absolute Gasteiger partial charge is 0.313 e. The van der Waals surface area contributed by atoms with Crippen molar-refractivity contribution in [2.24, 2.45) is 0 Å². The number of rotatable bonds is 5. The summed E-state index contributed by atoms with van der Waals surface area (Å²) in [5.74, 6) is -3.41. The number of hydrogen-bond acceptors (Lipinski definition) is 4. The van der Waals surface area contributed by atoms with Gasteiger partial charge in [0.25, 0.3) is 0 Å². The van der Waals surface area contributed by atoms with Gasteiger partial charge in [-0.1, -0.05) is 0 Å². The van der Waals surface area contributed by atoms with Gasteiger partial charge in [-0.15, -0.1) is 0 Å². The molecule has 0 heterocycles. The number of nitrogens with one attached hydrogen (secondary N) is 2. The van der Waals surface area contributed by atoms with E-state index < -0.39 is 34.7 Å². The highest BCUT2D eigenvalue weighted by Gasteiger charge is 2.23. The molecule has 1 atom stereocenters. The third-order valence-corrected chi connectivity index (χ3v) is 3.38. The largest absolute Gasteiger partial charge is 0.387 e. The van der Waals surface area contributed by atoms with Gasteiger partial charge in [-0.2, -0.15) is 11.8 Å². The van der Waals surface area contributed by atoms with Crippen LogP contribution in [0.5, 0.6) is 0 Å². The molecule has 1 aromatic rings. The van der Waals surface area contributed by atoms with Crippen LogP contribution in [0.1, 0.15) is 6.92 Å². The van der Waals surface area contributed by atoms with E-state index in [0.717, 1.165) is 18.2 Å². The lowest BCUT2D eigenvalue weighted by atomic mass is 10.1. The van der Waals surface area contributed by atoms with Gasteiger partial charge >= 0.3 is 11.8 Å². The second kappa shape index (κ2) is 7.37. The van der Waals surface area contributed by atoms with E-state index >= 15 is 0 Å². The number of anilines is 1. The summed E-state index contributed by atoms with van der Waals surface area (Å²) < 4.78 is 26.2. The summed E-state index contributed by atoms with van der Waals surface area (Å²) in [7, 11) is 0. The molecular formula is C13H16F2N2O3S. The molecule has 0 aliphatic heterocycles. The second-order valence-electron chi connectivity index (χ2n) is 4.69. The van der Waals surface area contributed by atoms with Gasteiger partial charge in [0.15, 0.2) is 0 Å². The highest BCUT2D eigenvalue weighted by Crippen LogP contribution is 2.15. The first-order chi connectivity index (χ1) is 9.75. The Kier molecular flexibility index (Phi) is 6.10. The summed E-state index contributed by atoms with van der Waals surface area (Å²) in [6.45, 7) is 1.37. The quantitative estimate of drug-likeness (QED) is 0.711. The normalized spacial score (nSPS) is 13.4. The van der Waals surface area contributed by atoms with Crippen molar-refractivity contribution >= 4 is 29.3 Å². The standard InChI is InChI=1S/C13H16F2N2O3S/c1-13(20,7-21-2)6-16-11(18)12(19)17-10-5-8(14)3-4-9(10)15/h3-5,20H,6-7H2,1-2H3,(H,16,18)(H,17,19). The third-order valence-electron chi connectivity index (χ3n) is 2.47. The molecule has 0 aromatic heterocycles. The van der Waals surface area contributed by atoms with E-state index in [2.05, 4.69) is 5.32 Å². The lowest BCUT2D eigenvalue weighted by Gasteiger charge is -2.22. The van der Waals surface area contributed by atoms with Gasteiger partial charge in [0.05, 0.1) is 11.3 Å². The van der Waals surface area contributed by atoms with Crippen LogP contribution in [0.3, 0.4) is 0 Å². The highest BCUT2D eigenvalue weighted by molar-refractivity contribution is 7.98. The molecule has 0 aliphatic rings. The van der Waals surface area contributed by atoms with Crippen molar-refractivity contribution in [2.75, 3.05) is 23.9 Å². The van der Waals surface area contributed by atoms with Gasteiger partial charge in [-0.05, 0) is 25.3 Å². The predicted octanol–water partition coefficient (Wildman–Crippen LogP) is 1.13. The zero-order valence-corrected chi connectivity index (χ0v) is 12.4. The van der Waals surface area contributed by atoms with Crippen molar-refractivity contribution < 1.29 is 23.5 Å². The first-order valence-corrected chi connectivity index (χ1v) is 7.40. The van der Waals surface area contributed by atoms with E-state index in [1.165, 1.54) is 18.7 Å². The Morgan fingerprint density at radius 1 is 1.33 bits per heavy atom. The zero-order valence-electron chi connectivity index (χ0n) is 11.6. The molecule has 21 heavy (non-hydrogen) atoms. The fourth-order valence-electron chi connectivity index (χ4n) is 1.49. The minimum atomic E-state index is -1.17.